The third kappa shape index (κ3) is 9.11. The van der Waals surface area contributed by atoms with Gasteiger partial charge in [0.1, 0.15) is 82.0 Å². The van der Waals surface area contributed by atoms with E-state index in [1.807, 2.05) is 66.7 Å². The number of hydrogen-bond donors (Lipinski definition) is 0. The van der Waals surface area contributed by atoms with E-state index in [1.165, 1.54) is 15.9 Å². The lowest BCUT2D eigenvalue weighted by Gasteiger charge is -2.44. The van der Waals surface area contributed by atoms with Gasteiger partial charge in [0.2, 0.25) is 5.78 Å². The van der Waals surface area contributed by atoms with Crippen LogP contribution in [-0.2, 0) is 10.8 Å². The van der Waals surface area contributed by atoms with Crippen molar-refractivity contribution in [1.82, 2.24) is 0 Å². The van der Waals surface area contributed by atoms with Crippen LogP contribution < -0.4 is 37.8 Å². The molecule has 0 N–H and O–H groups in total. The van der Waals surface area contributed by atoms with Crippen LogP contribution in [0.5, 0.6) is 0 Å². The molecule has 0 aliphatic heterocycles. The van der Waals surface area contributed by atoms with Gasteiger partial charge in [0, 0.05) is 27.5 Å². The van der Waals surface area contributed by atoms with Crippen LogP contribution >= 0.6 is 7.26 Å². The fourth-order valence-electron chi connectivity index (χ4n) is 8.80. The van der Waals surface area contributed by atoms with Crippen molar-refractivity contribution in [3.8, 4) is 0 Å². The molecule has 0 radical (unpaired) electrons. The Kier molecular flexibility index (Phi) is 16.1. The van der Waals surface area contributed by atoms with Gasteiger partial charge in [-0.25, -0.2) is 87.8 Å². The molecule has 394 valence electrons. The number of rotatable bonds is 11. The summed E-state index contributed by atoms with van der Waals surface area (Å²) in [5.41, 5.74) is -13.7. The predicted molar refractivity (Wildman–Crippen MR) is 242 cm³/mol. The Hall–Kier alpha value is -7.33. The highest BCUT2D eigenvalue weighted by Gasteiger charge is 2.53. The smallest absolute Gasteiger partial charge is 0.201 e. The van der Waals surface area contributed by atoms with E-state index < -0.39 is 162 Å². The molecule has 0 fully saturated rings. The number of halogens is 20. The Morgan fingerprint density at radius 1 is 0.355 bits per heavy atom. The fourth-order valence-corrected chi connectivity index (χ4v) is 13.5. The Morgan fingerprint density at radius 2 is 0.592 bits per heavy atom. The summed E-state index contributed by atoms with van der Waals surface area (Å²) in [5.74, 6) is -71.3. The first-order valence-corrected chi connectivity index (χ1v) is 24.6. The summed E-state index contributed by atoms with van der Waals surface area (Å²) in [4.78, 5) is 14.4. The van der Waals surface area contributed by atoms with Crippen molar-refractivity contribution in [2.75, 3.05) is 12.4 Å². The minimum atomic E-state index is -7.22. The Morgan fingerprint density at radius 3 is 0.829 bits per heavy atom. The number of benzene rings is 8. The van der Waals surface area contributed by atoms with Gasteiger partial charge in [-0.3, -0.25) is 9.00 Å². The molecule has 1 unspecified atom stereocenters. The van der Waals surface area contributed by atoms with E-state index in [-0.39, 0.29) is 5.78 Å². The number of ketones is 1. The number of carbonyl (C=O) groups is 1. The minimum Gasteiger partial charge on any atom is -0.290 e. The van der Waals surface area contributed by atoms with Crippen molar-refractivity contribution in [1.29, 1.82) is 0 Å². The minimum absolute atomic E-state index is 0.0668. The third-order valence-electron chi connectivity index (χ3n) is 12.2. The molecule has 0 aliphatic rings. The fraction of sp³-hybridized carbons (Fsp3) is 0.0392. The molecule has 8 aromatic carbocycles. The molecule has 8 aromatic rings. The average Bonchev–Trinajstić information content (AvgIpc) is 3.57. The number of hydrogen-bond acceptors (Lipinski definition) is 2. The Balaban J connectivity index is 0.000000236. The van der Waals surface area contributed by atoms with Crippen LogP contribution in [0.4, 0.5) is 87.8 Å². The Bertz CT molecular complexity index is 3150. The van der Waals surface area contributed by atoms with E-state index in [0.717, 1.165) is 0 Å². The SMILES string of the molecule is CS(=O)c1cccc(C(=O)C[P+](c2ccccc2)(c2ccccc2)c2ccccc2)c1.Fc1c(F)c(F)c([B-](c2c(F)c(F)c(F)c(F)c2F)(c2c(F)c(F)c(F)c(F)c2F)c2c(F)c(F)c(F)c(F)c2F)c(F)c1F. The molecular formula is C51H24BF20O2PS. The van der Waals surface area contributed by atoms with Crippen LogP contribution in [0.2, 0.25) is 0 Å². The lowest BCUT2D eigenvalue weighted by atomic mass is 9.12. The van der Waals surface area contributed by atoms with Gasteiger partial charge < -0.3 is 0 Å². The molecule has 8 rings (SSSR count). The molecule has 0 bridgehead atoms. The van der Waals surface area contributed by atoms with Gasteiger partial charge in [0.15, 0.2) is 69.8 Å². The van der Waals surface area contributed by atoms with E-state index in [9.17, 15) is 61.7 Å². The largest absolute Gasteiger partial charge is 0.290 e. The first kappa shape index (κ1) is 56.4. The van der Waals surface area contributed by atoms with E-state index >= 15 is 35.1 Å². The maximum absolute atomic E-state index is 15.4. The molecule has 0 saturated heterocycles. The van der Waals surface area contributed by atoms with Crippen LogP contribution in [0, 0.1) is 116 Å². The topological polar surface area (TPSA) is 34.1 Å². The van der Waals surface area contributed by atoms with Crippen molar-refractivity contribution in [2.24, 2.45) is 0 Å². The second-order valence-electron chi connectivity index (χ2n) is 16.2. The molecule has 0 heterocycles. The van der Waals surface area contributed by atoms with E-state index in [0.29, 0.717) is 16.6 Å². The molecule has 25 heteroatoms. The molecule has 2 nitrogen and oxygen atoms in total. The summed E-state index contributed by atoms with van der Waals surface area (Å²) >= 11 is 0. The highest BCUT2D eigenvalue weighted by molar-refractivity contribution is 7.96. The van der Waals surface area contributed by atoms with Crippen LogP contribution in [0.1, 0.15) is 10.4 Å². The molecule has 76 heavy (non-hydrogen) atoms. The van der Waals surface area contributed by atoms with Gasteiger partial charge in [-0.05, 0) is 48.5 Å². The maximum atomic E-state index is 15.4. The van der Waals surface area contributed by atoms with Gasteiger partial charge >= 0.3 is 0 Å². The van der Waals surface area contributed by atoms with Crippen molar-refractivity contribution in [3.05, 3.63) is 237 Å². The molecule has 1 atom stereocenters. The summed E-state index contributed by atoms with van der Waals surface area (Å²) in [7, 11) is -3.37. The first-order valence-electron chi connectivity index (χ1n) is 21.1. The number of Topliss-reactive ketones (excluding diaryl/α,β-unsaturated/α-hetero) is 1. The average molecular weight is 1120 g/mol. The van der Waals surface area contributed by atoms with Crippen LogP contribution in [0.3, 0.4) is 0 Å². The van der Waals surface area contributed by atoms with E-state index in [1.54, 1.807) is 18.4 Å². The zero-order valence-electron chi connectivity index (χ0n) is 37.5. The first-order chi connectivity index (χ1) is 35.8. The quantitative estimate of drug-likeness (QED) is 0.0323. The van der Waals surface area contributed by atoms with Crippen molar-refractivity contribution >= 4 is 67.8 Å². The summed E-state index contributed by atoms with van der Waals surface area (Å²) in [5, 5.41) is 3.53. The van der Waals surface area contributed by atoms with Gasteiger partial charge in [-0.2, -0.15) is 0 Å². The summed E-state index contributed by atoms with van der Waals surface area (Å²) in [6.07, 6.45) is -5.20. The second-order valence-corrected chi connectivity index (χ2v) is 21.0. The molecule has 0 saturated carbocycles. The highest BCUT2D eigenvalue weighted by atomic mass is 32.2. The predicted octanol–water partition coefficient (Wildman–Crippen LogP) is 10.4. The number of carbonyl (C=O) groups excluding carboxylic acids is 1. The van der Waals surface area contributed by atoms with Gasteiger partial charge in [-0.1, -0.05) is 66.7 Å². The van der Waals surface area contributed by atoms with Crippen LogP contribution in [0.15, 0.2) is 120 Å². The molecular weight excluding hydrogens is 1100 g/mol. The van der Waals surface area contributed by atoms with E-state index in [2.05, 4.69) is 36.4 Å². The molecule has 0 aliphatic carbocycles. The summed E-state index contributed by atoms with van der Waals surface area (Å²) < 4.78 is 306. The Labute approximate surface area is 418 Å². The van der Waals surface area contributed by atoms with E-state index in [4.69, 9.17) is 0 Å². The van der Waals surface area contributed by atoms with Crippen molar-refractivity contribution in [2.45, 2.75) is 4.90 Å². The normalized spacial score (nSPS) is 12.1. The van der Waals surface area contributed by atoms with Crippen molar-refractivity contribution in [3.63, 3.8) is 0 Å². The van der Waals surface area contributed by atoms with Gasteiger partial charge in [0.05, 0.1) is 0 Å². The van der Waals surface area contributed by atoms with Gasteiger partial charge in [0.25, 0.3) is 0 Å². The molecule has 0 spiro atoms. The van der Waals surface area contributed by atoms with Crippen molar-refractivity contribution < 1.29 is 96.8 Å². The monoisotopic (exact) mass is 1120 g/mol. The highest BCUT2D eigenvalue weighted by Crippen LogP contribution is 2.55. The standard InChI is InChI=1S/C27H24O2PS.C24BF20/c1-31(29)26-19-11-12-22(20-26)27(28)21-30(23-13-5-2-6-14-23,24-15-7-3-8-16-24)25-17-9-4-10-18-25;26-5-1(6(27)14(35)21(42)13(5)34)25(2-7(28)15(36)22(43)16(37)8(2)29,3-9(30)17(38)23(44)18(39)10(3)31)4-11(32)19(40)24(45)20(41)12(4)33/h2-20H,21H2,1H3;/q+1;-1. The third-order valence-corrected chi connectivity index (χ3v) is 17.4. The zero-order valence-corrected chi connectivity index (χ0v) is 39.2. The van der Waals surface area contributed by atoms with Crippen LogP contribution in [-0.4, -0.2) is 28.6 Å². The summed E-state index contributed by atoms with van der Waals surface area (Å²) in [6.45, 7) is 0. The molecule has 0 aromatic heterocycles. The van der Waals surface area contributed by atoms with Crippen LogP contribution in [0.25, 0.3) is 0 Å². The van der Waals surface area contributed by atoms with Gasteiger partial charge in [-0.15, -0.1) is 21.9 Å². The molecule has 0 amide bonds. The maximum Gasteiger partial charge on any atom is 0.201 e. The lowest BCUT2D eigenvalue weighted by molar-refractivity contribution is 0.102. The second kappa shape index (κ2) is 21.7. The lowest BCUT2D eigenvalue weighted by Crippen LogP contribution is -2.81. The summed E-state index contributed by atoms with van der Waals surface area (Å²) in [6, 6.07) is 38.3. The zero-order chi connectivity index (χ0) is 56.0.